The van der Waals surface area contributed by atoms with Crippen LogP contribution in [0.25, 0.3) is 21.5 Å². The maximum absolute atomic E-state index is 13.8. The van der Waals surface area contributed by atoms with Crippen LogP contribution in [0.1, 0.15) is 9.67 Å². The third-order valence-corrected chi connectivity index (χ3v) is 4.27. The number of ether oxygens (including phenoxy) is 1. The summed E-state index contributed by atoms with van der Waals surface area (Å²) in [5, 5.41) is 0.594. The molecule has 0 saturated carbocycles. The van der Waals surface area contributed by atoms with Crippen LogP contribution in [0.4, 0.5) is 14.5 Å². The number of hydrogen-bond donors (Lipinski definition) is 1. The molecule has 0 bridgehead atoms. The van der Waals surface area contributed by atoms with Crippen molar-refractivity contribution in [2.75, 3.05) is 12.8 Å². The zero-order valence-corrected chi connectivity index (χ0v) is 12.2. The Kier molecular flexibility index (Phi) is 3.50. The molecule has 3 rings (SSSR count). The van der Waals surface area contributed by atoms with Gasteiger partial charge in [0.2, 0.25) is 0 Å². The number of nitrogen functional groups attached to an aromatic ring is 1. The number of nitrogens with zero attached hydrogens (tertiary/aromatic N) is 1. The molecule has 7 heteroatoms. The number of halogens is 2. The summed E-state index contributed by atoms with van der Waals surface area (Å²) < 4.78 is 31.5. The van der Waals surface area contributed by atoms with Crippen molar-refractivity contribution in [2.45, 2.75) is 0 Å². The number of fused-ring (bicyclic) bond motifs is 1. The molecule has 0 radical (unpaired) electrons. The van der Waals surface area contributed by atoms with Gasteiger partial charge in [0.05, 0.1) is 18.5 Å². The monoisotopic (exact) mass is 320 g/mol. The molecule has 0 fully saturated rings. The summed E-state index contributed by atoms with van der Waals surface area (Å²) in [6.45, 7) is 0. The second kappa shape index (κ2) is 5.34. The molecule has 2 N–H and O–H groups in total. The number of carbonyl (C=O) groups excluding carboxylic acids is 1. The van der Waals surface area contributed by atoms with Crippen LogP contribution in [0.15, 0.2) is 30.3 Å². The highest BCUT2D eigenvalue weighted by Crippen LogP contribution is 2.34. The van der Waals surface area contributed by atoms with Crippen LogP contribution < -0.4 is 5.73 Å². The van der Waals surface area contributed by atoms with Crippen molar-refractivity contribution in [1.29, 1.82) is 0 Å². The molecule has 3 aromatic rings. The zero-order valence-electron chi connectivity index (χ0n) is 11.4. The smallest absolute Gasteiger partial charge is 0.350 e. The first-order valence-corrected chi connectivity index (χ1v) is 7.05. The molecule has 4 nitrogen and oxygen atoms in total. The number of methoxy groups -OCH3 is 1. The van der Waals surface area contributed by atoms with Crippen molar-refractivity contribution in [1.82, 2.24) is 4.98 Å². The highest BCUT2D eigenvalue weighted by Gasteiger charge is 2.18. The lowest BCUT2D eigenvalue weighted by molar-refractivity contribution is 0.0607. The normalized spacial score (nSPS) is 10.9. The number of pyridine rings is 1. The molecular weight excluding hydrogens is 310 g/mol. The lowest BCUT2D eigenvalue weighted by Crippen LogP contribution is -2.01. The summed E-state index contributed by atoms with van der Waals surface area (Å²) in [6, 6.07) is 6.50. The first kappa shape index (κ1) is 14.4. The predicted octanol–water partition coefficient (Wildman–Crippen LogP) is 3.61. The molecule has 0 unspecified atom stereocenters. The van der Waals surface area contributed by atoms with Crippen molar-refractivity contribution in [2.24, 2.45) is 0 Å². The van der Waals surface area contributed by atoms with Crippen LogP contribution in [0.2, 0.25) is 0 Å². The SMILES string of the molecule is COC(=O)c1sc2nc(-c3ccc(F)cc3F)ccc2c1N. The topological polar surface area (TPSA) is 65.2 Å². The van der Waals surface area contributed by atoms with Gasteiger partial charge in [0.1, 0.15) is 21.3 Å². The van der Waals surface area contributed by atoms with E-state index in [0.29, 0.717) is 15.9 Å². The molecule has 22 heavy (non-hydrogen) atoms. The van der Waals surface area contributed by atoms with Gasteiger partial charge >= 0.3 is 5.97 Å². The fourth-order valence-corrected chi connectivity index (χ4v) is 3.10. The van der Waals surface area contributed by atoms with E-state index in [1.807, 2.05) is 0 Å². The Morgan fingerprint density at radius 2 is 2.05 bits per heavy atom. The summed E-state index contributed by atoms with van der Waals surface area (Å²) in [7, 11) is 1.26. The van der Waals surface area contributed by atoms with Crippen molar-refractivity contribution in [3.63, 3.8) is 0 Å². The van der Waals surface area contributed by atoms with E-state index in [2.05, 4.69) is 9.72 Å². The lowest BCUT2D eigenvalue weighted by atomic mass is 10.1. The zero-order chi connectivity index (χ0) is 15.9. The van der Waals surface area contributed by atoms with Crippen molar-refractivity contribution in [3.8, 4) is 11.3 Å². The molecule has 0 aliphatic heterocycles. The maximum Gasteiger partial charge on any atom is 0.350 e. The van der Waals surface area contributed by atoms with E-state index in [9.17, 15) is 13.6 Å². The van der Waals surface area contributed by atoms with Gasteiger partial charge in [-0.1, -0.05) is 0 Å². The van der Waals surface area contributed by atoms with Gasteiger partial charge in [-0.05, 0) is 24.3 Å². The Bertz CT molecular complexity index is 893. The number of nitrogens with two attached hydrogens (primary N) is 1. The Morgan fingerprint density at radius 3 is 2.73 bits per heavy atom. The van der Waals surface area contributed by atoms with Crippen molar-refractivity contribution >= 4 is 33.2 Å². The third kappa shape index (κ3) is 2.29. The van der Waals surface area contributed by atoms with Crippen LogP contribution >= 0.6 is 11.3 Å². The maximum atomic E-state index is 13.8. The number of anilines is 1. The third-order valence-electron chi connectivity index (χ3n) is 3.17. The Labute approximate surface area is 128 Å². The van der Waals surface area contributed by atoms with Gasteiger partial charge in [-0.15, -0.1) is 11.3 Å². The standard InChI is InChI=1S/C15H10F2N2O2S/c1-21-15(20)13-12(18)9-4-5-11(19-14(9)22-13)8-3-2-7(16)6-10(8)17/h2-6H,18H2,1H3. The number of benzene rings is 1. The van der Waals surface area contributed by atoms with Gasteiger partial charge in [0, 0.05) is 17.0 Å². The summed E-state index contributed by atoms with van der Waals surface area (Å²) in [6.07, 6.45) is 0. The lowest BCUT2D eigenvalue weighted by Gasteiger charge is -2.03. The number of carbonyl (C=O) groups is 1. The average Bonchev–Trinajstić information content (AvgIpc) is 2.83. The van der Waals surface area contributed by atoms with Gasteiger partial charge in [0.25, 0.3) is 0 Å². The number of esters is 1. The fourth-order valence-electron chi connectivity index (χ4n) is 2.09. The minimum Gasteiger partial charge on any atom is -0.465 e. The average molecular weight is 320 g/mol. The molecule has 0 aliphatic carbocycles. The number of hydrogen-bond acceptors (Lipinski definition) is 5. The fraction of sp³-hybridized carbons (Fsp3) is 0.0667. The Balaban J connectivity index is 2.16. The van der Waals surface area contributed by atoms with Gasteiger partial charge in [-0.2, -0.15) is 0 Å². The van der Waals surface area contributed by atoms with E-state index < -0.39 is 17.6 Å². The van der Waals surface area contributed by atoms with E-state index in [0.717, 1.165) is 23.5 Å². The molecular formula is C15H10F2N2O2S. The van der Waals surface area contributed by atoms with Crippen LogP contribution in [0, 0.1) is 11.6 Å². The summed E-state index contributed by atoms with van der Waals surface area (Å²) >= 11 is 1.07. The first-order chi connectivity index (χ1) is 10.5. The Hall–Kier alpha value is -2.54. The predicted molar refractivity (Wildman–Crippen MR) is 80.7 cm³/mol. The van der Waals surface area contributed by atoms with Crippen molar-refractivity contribution in [3.05, 3.63) is 46.8 Å². The molecule has 2 aromatic heterocycles. The minimum absolute atomic E-state index is 0.176. The summed E-state index contributed by atoms with van der Waals surface area (Å²) in [5.74, 6) is -1.91. The number of aromatic nitrogens is 1. The molecule has 0 saturated heterocycles. The largest absolute Gasteiger partial charge is 0.465 e. The quantitative estimate of drug-likeness (QED) is 0.733. The molecule has 1 aromatic carbocycles. The number of rotatable bonds is 2. The highest BCUT2D eigenvalue weighted by atomic mass is 32.1. The molecule has 2 heterocycles. The van der Waals surface area contributed by atoms with Crippen LogP contribution in [-0.2, 0) is 4.74 Å². The first-order valence-electron chi connectivity index (χ1n) is 6.24. The van der Waals surface area contributed by atoms with Crippen LogP contribution in [0.3, 0.4) is 0 Å². The van der Waals surface area contributed by atoms with Gasteiger partial charge in [-0.3, -0.25) is 0 Å². The van der Waals surface area contributed by atoms with Crippen molar-refractivity contribution < 1.29 is 18.3 Å². The molecule has 0 atom stereocenters. The van der Waals surface area contributed by atoms with E-state index in [1.54, 1.807) is 12.1 Å². The Morgan fingerprint density at radius 1 is 1.27 bits per heavy atom. The molecule has 112 valence electrons. The van der Waals surface area contributed by atoms with E-state index in [-0.39, 0.29) is 16.1 Å². The van der Waals surface area contributed by atoms with E-state index >= 15 is 0 Å². The van der Waals surface area contributed by atoms with Gasteiger partial charge in [-0.25, -0.2) is 18.6 Å². The van der Waals surface area contributed by atoms with Gasteiger partial charge in [0.15, 0.2) is 0 Å². The second-order valence-corrected chi connectivity index (χ2v) is 5.51. The van der Waals surface area contributed by atoms with Gasteiger partial charge < -0.3 is 10.5 Å². The summed E-state index contributed by atoms with van der Waals surface area (Å²) in [4.78, 5) is 16.7. The number of thiophene rings is 1. The minimum atomic E-state index is -0.704. The van der Waals surface area contributed by atoms with E-state index in [1.165, 1.54) is 13.2 Å². The van der Waals surface area contributed by atoms with Crippen LogP contribution in [0.5, 0.6) is 0 Å². The molecule has 0 amide bonds. The van der Waals surface area contributed by atoms with E-state index in [4.69, 9.17) is 5.73 Å². The highest BCUT2D eigenvalue weighted by molar-refractivity contribution is 7.21. The molecule has 0 spiro atoms. The second-order valence-electron chi connectivity index (χ2n) is 4.51. The summed E-state index contributed by atoms with van der Waals surface area (Å²) in [5.41, 5.74) is 6.69. The van der Waals surface area contributed by atoms with Crippen LogP contribution in [-0.4, -0.2) is 18.1 Å². The molecule has 0 aliphatic rings.